The Morgan fingerprint density at radius 3 is 2.76 bits per heavy atom. The first-order valence-electron chi connectivity index (χ1n) is 8.56. The van der Waals surface area contributed by atoms with E-state index >= 15 is 0 Å². The molecule has 2 aromatic rings. The standard InChI is InChI=1S/C19H24N4O2/c1-13(24)23-9-8-14(12-23)11-20-19(25)16-10-18(22(2)3)21-17-7-5-4-6-15(16)17/h4-7,10,14H,8-9,11-12H2,1-3H3,(H,20,25)/t14-/m0/s1. The molecule has 0 saturated carbocycles. The average molecular weight is 340 g/mol. The molecule has 1 fully saturated rings. The fourth-order valence-corrected chi connectivity index (χ4v) is 3.20. The summed E-state index contributed by atoms with van der Waals surface area (Å²) in [5, 5.41) is 3.88. The van der Waals surface area contributed by atoms with E-state index in [2.05, 4.69) is 10.3 Å². The summed E-state index contributed by atoms with van der Waals surface area (Å²) in [4.78, 5) is 32.5. The fraction of sp³-hybridized carbons (Fsp3) is 0.421. The van der Waals surface area contributed by atoms with Crippen molar-refractivity contribution in [2.24, 2.45) is 5.92 Å². The molecule has 0 unspecified atom stereocenters. The molecule has 1 aliphatic rings. The van der Waals surface area contributed by atoms with E-state index in [1.807, 2.05) is 54.2 Å². The molecule has 2 amide bonds. The highest BCUT2D eigenvalue weighted by atomic mass is 16.2. The first-order chi connectivity index (χ1) is 12.0. The van der Waals surface area contributed by atoms with E-state index in [4.69, 9.17) is 0 Å². The number of anilines is 1. The molecule has 1 atom stereocenters. The number of amides is 2. The van der Waals surface area contributed by atoms with Crippen LogP contribution >= 0.6 is 0 Å². The minimum absolute atomic E-state index is 0.0945. The summed E-state index contributed by atoms with van der Waals surface area (Å²) >= 11 is 0. The van der Waals surface area contributed by atoms with Crippen molar-refractivity contribution in [3.8, 4) is 0 Å². The predicted octanol–water partition coefficient (Wildman–Crippen LogP) is 1.90. The number of para-hydroxylation sites is 1. The third kappa shape index (κ3) is 3.73. The topological polar surface area (TPSA) is 65.5 Å². The Labute approximate surface area is 147 Å². The Kier molecular flexibility index (Phi) is 4.88. The smallest absolute Gasteiger partial charge is 0.252 e. The summed E-state index contributed by atoms with van der Waals surface area (Å²) in [6, 6.07) is 9.50. The van der Waals surface area contributed by atoms with Crippen molar-refractivity contribution in [1.82, 2.24) is 15.2 Å². The molecule has 132 valence electrons. The van der Waals surface area contributed by atoms with Crippen LogP contribution in [0.5, 0.6) is 0 Å². The Balaban J connectivity index is 1.77. The quantitative estimate of drug-likeness (QED) is 0.923. The second kappa shape index (κ2) is 7.09. The first-order valence-corrected chi connectivity index (χ1v) is 8.56. The molecule has 0 radical (unpaired) electrons. The second-order valence-corrected chi connectivity index (χ2v) is 6.77. The Morgan fingerprint density at radius 1 is 1.32 bits per heavy atom. The molecule has 6 heteroatoms. The van der Waals surface area contributed by atoms with Crippen LogP contribution in [0.1, 0.15) is 23.7 Å². The lowest BCUT2D eigenvalue weighted by Crippen LogP contribution is -2.32. The van der Waals surface area contributed by atoms with Gasteiger partial charge in [0.05, 0.1) is 11.1 Å². The normalized spacial score (nSPS) is 16.9. The zero-order chi connectivity index (χ0) is 18.0. The van der Waals surface area contributed by atoms with E-state index in [9.17, 15) is 9.59 Å². The van der Waals surface area contributed by atoms with E-state index in [0.717, 1.165) is 36.2 Å². The van der Waals surface area contributed by atoms with Gasteiger partial charge in [-0.25, -0.2) is 4.98 Å². The first kappa shape index (κ1) is 17.2. The van der Waals surface area contributed by atoms with Crippen molar-refractivity contribution in [2.45, 2.75) is 13.3 Å². The maximum Gasteiger partial charge on any atom is 0.252 e. The van der Waals surface area contributed by atoms with Crippen LogP contribution < -0.4 is 10.2 Å². The zero-order valence-electron chi connectivity index (χ0n) is 15.0. The van der Waals surface area contributed by atoms with Crippen molar-refractivity contribution in [1.29, 1.82) is 0 Å². The number of nitrogens with zero attached hydrogens (tertiary/aromatic N) is 3. The molecule has 1 aromatic heterocycles. The second-order valence-electron chi connectivity index (χ2n) is 6.77. The molecule has 3 rings (SSSR count). The number of carbonyl (C=O) groups is 2. The van der Waals surface area contributed by atoms with Gasteiger partial charge in [-0.15, -0.1) is 0 Å². The summed E-state index contributed by atoms with van der Waals surface area (Å²) in [5.74, 6) is 1.08. The Morgan fingerprint density at radius 2 is 2.08 bits per heavy atom. The van der Waals surface area contributed by atoms with Crippen molar-refractivity contribution in [3.63, 3.8) is 0 Å². The number of hydrogen-bond acceptors (Lipinski definition) is 4. The number of rotatable bonds is 4. The number of likely N-dealkylation sites (tertiary alicyclic amines) is 1. The van der Waals surface area contributed by atoms with Crippen molar-refractivity contribution >= 4 is 28.5 Å². The lowest BCUT2D eigenvalue weighted by atomic mass is 10.1. The fourth-order valence-electron chi connectivity index (χ4n) is 3.20. The van der Waals surface area contributed by atoms with E-state index in [1.54, 1.807) is 6.92 Å². The van der Waals surface area contributed by atoms with Crippen LogP contribution in [0.15, 0.2) is 30.3 Å². The Hall–Kier alpha value is -2.63. The summed E-state index contributed by atoms with van der Waals surface area (Å²) in [7, 11) is 3.82. The van der Waals surface area contributed by atoms with Crippen molar-refractivity contribution in [3.05, 3.63) is 35.9 Å². The van der Waals surface area contributed by atoms with Crippen molar-refractivity contribution < 1.29 is 9.59 Å². The predicted molar refractivity (Wildman–Crippen MR) is 98.8 cm³/mol. The van der Waals surface area contributed by atoms with Crippen LogP contribution in [-0.4, -0.2) is 55.4 Å². The van der Waals surface area contributed by atoms with Gasteiger partial charge in [0.15, 0.2) is 0 Å². The number of benzene rings is 1. The molecule has 1 aliphatic heterocycles. The van der Waals surface area contributed by atoms with Crippen LogP contribution in [0.4, 0.5) is 5.82 Å². The molecule has 0 spiro atoms. The molecule has 0 bridgehead atoms. The average Bonchev–Trinajstić information content (AvgIpc) is 3.08. The number of fused-ring (bicyclic) bond motifs is 1. The highest BCUT2D eigenvalue weighted by Gasteiger charge is 2.24. The maximum absolute atomic E-state index is 12.8. The molecule has 6 nitrogen and oxygen atoms in total. The van der Waals surface area contributed by atoms with Crippen LogP contribution in [0.2, 0.25) is 0 Å². The highest BCUT2D eigenvalue weighted by Crippen LogP contribution is 2.22. The van der Waals surface area contributed by atoms with Crippen LogP contribution in [0.3, 0.4) is 0 Å². The van der Waals surface area contributed by atoms with Crippen LogP contribution in [0.25, 0.3) is 10.9 Å². The summed E-state index contributed by atoms with van der Waals surface area (Å²) in [5.41, 5.74) is 1.44. The third-order valence-corrected chi connectivity index (χ3v) is 4.69. The molecule has 1 aromatic carbocycles. The third-order valence-electron chi connectivity index (χ3n) is 4.69. The highest BCUT2D eigenvalue weighted by molar-refractivity contribution is 6.07. The van der Waals surface area contributed by atoms with Crippen LogP contribution in [0, 0.1) is 5.92 Å². The number of pyridine rings is 1. The van der Waals surface area contributed by atoms with E-state index in [0.29, 0.717) is 18.0 Å². The van der Waals surface area contributed by atoms with E-state index < -0.39 is 0 Å². The lowest BCUT2D eigenvalue weighted by Gasteiger charge is -2.16. The monoisotopic (exact) mass is 340 g/mol. The van der Waals surface area contributed by atoms with E-state index in [-0.39, 0.29) is 11.8 Å². The van der Waals surface area contributed by atoms with Crippen LogP contribution in [-0.2, 0) is 4.79 Å². The zero-order valence-corrected chi connectivity index (χ0v) is 15.0. The van der Waals surface area contributed by atoms with Gasteiger partial charge in [-0.05, 0) is 24.5 Å². The van der Waals surface area contributed by atoms with Gasteiger partial charge in [-0.3, -0.25) is 9.59 Å². The Bertz CT molecular complexity index is 803. The lowest BCUT2D eigenvalue weighted by molar-refractivity contribution is -0.127. The molecule has 25 heavy (non-hydrogen) atoms. The number of aromatic nitrogens is 1. The van der Waals surface area contributed by atoms with Gasteiger partial charge in [0.1, 0.15) is 5.82 Å². The maximum atomic E-state index is 12.8. The molecule has 2 heterocycles. The van der Waals surface area contributed by atoms with Crippen molar-refractivity contribution in [2.75, 3.05) is 38.6 Å². The minimum Gasteiger partial charge on any atom is -0.363 e. The van der Waals surface area contributed by atoms with Gasteiger partial charge < -0.3 is 15.1 Å². The SMILES string of the molecule is CC(=O)N1CC[C@@H](CNC(=O)c2cc(N(C)C)nc3ccccc23)C1. The molecular weight excluding hydrogens is 316 g/mol. The largest absolute Gasteiger partial charge is 0.363 e. The molecule has 0 aliphatic carbocycles. The van der Waals surface area contributed by atoms with Gasteiger partial charge in [0, 0.05) is 46.0 Å². The summed E-state index contributed by atoms with van der Waals surface area (Å²) in [6.07, 6.45) is 0.930. The summed E-state index contributed by atoms with van der Waals surface area (Å²) in [6.45, 7) is 3.66. The minimum atomic E-state index is -0.0945. The van der Waals surface area contributed by atoms with Gasteiger partial charge in [-0.1, -0.05) is 18.2 Å². The number of nitrogens with one attached hydrogen (secondary N) is 1. The van der Waals surface area contributed by atoms with Gasteiger partial charge in [-0.2, -0.15) is 0 Å². The van der Waals surface area contributed by atoms with Gasteiger partial charge in [0.25, 0.3) is 5.91 Å². The molecule has 1 saturated heterocycles. The van der Waals surface area contributed by atoms with E-state index in [1.165, 1.54) is 0 Å². The van der Waals surface area contributed by atoms with Gasteiger partial charge in [0.2, 0.25) is 5.91 Å². The number of hydrogen-bond donors (Lipinski definition) is 1. The summed E-state index contributed by atoms with van der Waals surface area (Å²) < 4.78 is 0. The molecular formula is C19H24N4O2. The number of carbonyl (C=O) groups excluding carboxylic acids is 2. The van der Waals surface area contributed by atoms with Gasteiger partial charge >= 0.3 is 0 Å². The molecule has 1 N–H and O–H groups in total.